The lowest BCUT2D eigenvalue weighted by Gasteiger charge is -2.14. The van der Waals surface area contributed by atoms with Gasteiger partial charge in [0.25, 0.3) is 0 Å². The summed E-state index contributed by atoms with van der Waals surface area (Å²) in [4.78, 5) is 8.23. The average Bonchev–Trinajstić information content (AvgIpc) is 2.82. The number of hydrogen-bond donors (Lipinski definition) is 1. The fraction of sp³-hybridized carbons (Fsp3) is 0.364. The van der Waals surface area contributed by atoms with Gasteiger partial charge in [0.2, 0.25) is 0 Å². The van der Waals surface area contributed by atoms with E-state index in [0.29, 0.717) is 11.5 Å². The van der Waals surface area contributed by atoms with Crippen LogP contribution in [0.4, 0.5) is 0 Å². The van der Waals surface area contributed by atoms with Crippen LogP contribution in [-0.2, 0) is 0 Å². The first-order chi connectivity index (χ1) is 8.15. The molecule has 0 aliphatic rings. The van der Waals surface area contributed by atoms with Gasteiger partial charge < -0.3 is 9.84 Å². The molecule has 17 heavy (non-hydrogen) atoms. The van der Waals surface area contributed by atoms with Gasteiger partial charge in [-0.05, 0) is 25.4 Å². The zero-order valence-corrected chi connectivity index (χ0v) is 10.7. The highest BCUT2D eigenvalue weighted by atomic mass is 32.1. The summed E-state index contributed by atoms with van der Waals surface area (Å²) in [6, 6.07) is 0. The molecular formula is C11H13N3O2S. The molecular weight excluding hydrogens is 238 g/mol. The Morgan fingerprint density at radius 2 is 2.12 bits per heavy atom. The lowest BCUT2D eigenvalue weighted by Crippen LogP contribution is -2.08. The van der Waals surface area contributed by atoms with E-state index < -0.39 is 6.10 Å². The Hall–Kier alpha value is -1.53. The fourth-order valence-electron chi connectivity index (χ4n) is 1.75. The van der Waals surface area contributed by atoms with E-state index in [1.165, 1.54) is 11.5 Å². The van der Waals surface area contributed by atoms with Crippen LogP contribution in [0, 0.1) is 13.8 Å². The SMILES string of the molecule is COc1c(C)cnc(C(O)c2ncsn2)c1C. The van der Waals surface area contributed by atoms with E-state index in [4.69, 9.17) is 4.74 Å². The lowest BCUT2D eigenvalue weighted by molar-refractivity contribution is 0.205. The predicted molar refractivity (Wildman–Crippen MR) is 64.2 cm³/mol. The van der Waals surface area contributed by atoms with Crippen molar-refractivity contribution in [1.82, 2.24) is 14.3 Å². The third kappa shape index (κ3) is 2.13. The van der Waals surface area contributed by atoms with Crippen LogP contribution in [0.2, 0.25) is 0 Å². The second-order valence-corrected chi connectivity index (χ2v) is 4.28. The number of hydrogen-bond acceptors (Lipinski definition) is 6. The van der Waals surface area contributed by atoms with Crippen molar-refractivity contribution in [1.29, 1.82) is 0 Å². The van der Waals surface area contributed by atoms with Gasteiger partial charge in [0.15, 0.2) is 11.9 Å². The van der Waals surface area contributed by atoms with Crippen molar-refractivity contribution in [3.8, 4) is 5.75 Å². The van der Waals surface area contributed by atoms with E-state index in [1.807, 2.05) is 13.8 Å². The largest absolute Gasteiger partial charge is 0.496 e. The Labute approximate surface area is 103 Å². The summed E-state index contributed by atoms with van der Waals surface area (Å²) < 4.78 is 9.31. The Bertz CT molecular complexity index is 514. The summed E-state index contributed by atoms with van der Waals surface area (Å²) >= 11 is 1.20. The Morgan fingerprint density at radius 1 is 1.35 bits per heavy atom. The molecule has 2 heterocycles. The van der Waals surface area contributed by atoms with Crippen molar-refractivity contribution in [3.05, 3.63) is 34.4 Å². The quantitative estimate of drug-likeness (QED) is 0.898. The second kappa shape index (κ2) is 4.77. The minimum atomic E-state index is -0.907. The minimum Gasteiger partial charge on any atom is -0.496 e. The zero-order chi connectivity index (χ0) is 12.4. The Kier molecular flexibility index (Phi) is 3.35. The summed E-state index contributed by atoms with van der Waals surface area (Å²) in [5.74, 6) is 1.11. The maximum absolute atomic E-state index is 10.1. The number of aromatic nitrogens is 3. The topological polar surface area (TPSA) is 68.1 Å². The first kappa shape index (κ1) is 11.9. The van der Waals surface area contributed by atoms with Crippen LogP contribution in [0.1, 0.15) is 28.7 Å². The number of pyridine rings is 1. The van der Waals surface area contributed by atoms with E-state index in [9.17, 15) is 5.11 Å². The normalized spacial score (nSPS) is 12.5. The molecule has 0 radical (unpaired) electrons. The zero-order valence-electron chi connectivity index (χ0n) is 9.84. The molecule has 0 aliphatic heterocycles. The van der Waals surface area contributed by atoms with Crippen LogP contribution in [0.25, 0.3) is 0 Å². The second-order valence-electron chi connectivity index (χ2n) is 3.68. The molecule has 2 aromatic heterocycles. The van der Waals surface area contributed by atoms with E-state index in [1.54, 1.807) is 18.8 Å². The van der Waals surface area contributed by atoms with Crippen molar-refractivity contribution < 1.29 is 9.84 Å². The van der Waals surface area contributed by atoms with Gasteiger partial charge in [-0.25, -0.2) is 4.98 Å². The molecule has 2 aromatic rings. The van der Waals surface area contributed by atoms with Crippen molar-refractivity contribution in [3.63, 3.8) is 0 Å². The van der Waals surface area contributed by atoms with Crippen molar-refractivity contribution in [2.45, 2.75) is 20.0 Å². The van der Waals surface area contributed by atoms with Gasteiger partial charge in [0.05, 0.1) is 12.8 Å². The lowest BCUT2D eigenvalue weighted by atomic mass is 10.1. The molecule has 0 aromatic carbocycles. The minimum absolute atomic E-state index is 0.372. The van der Waals surface area contributed by atoms with Crippen molar-refractivity contribution in [2.24, 2.45) is 0 Å². The van der Waals surface area contributed by atoms with Gasteiger partial charge in [-0.1, -0.05) is 0 Å². The number of rotatable bonds is 3. The molecule has 1 N–H and O–H groups in total. The van der Waals surface area contributed by atoms with Crippen LogP contribution in [-0.4, -0.2) is 26.6 Å². The van der Waals surface area contributed by atoms with Crippen LogP contribution in [0.15, 0.2) is 11.7 Å². The standard InChI is InChI=1S/C11H13N3O2S/c1-6-4-12-8(7(2)10(6)16-3)9(15)11-13-5-17-14-11/h4-5,9,15H,1-3H3. The van der Waals surface area contributed by atoms with Crippen LogP contribution in [0.3, 0.4) is 0 Å². The van der Waals surface area contributed by atoms with Gasteiger partial charge >= 0.3 is 0 Å². The van der Waals surface area contributed by atoms with Crippen molar-refractivity contribution in [2.75, 3.05) is 7.11 Å². The predicted octanol–water partition coefficient (Wildman–Crippen LogP) is 1.64. The molecule has 1 atom stereocenters. The van der Waals surface area contributed by atoms with Crippen LogP contribution in [0.5, 0.6) is 5.75 Å². The molecule has 6 heteroatoms. The maximum atomic E-state index is 10.1. The van der Waals surface area contributed by atoms with Crippen LogP contribution < -0.4 is 4.74 Å². The van der Waals surface area contributed by atoms with Gasteiger partial charge in [-0.2, -0.15) is 4.37 Å². The molecule has 5 nitrogen and oxygen atoms in total. The molecule has 2 rings (SSSR count). The molecule has 0 bridgehead atoms. The highest BCUT2D eigenvalue weighted by molar-refractivity contribution is 7.03. The molecule has 0 spiro atoms. The summed E-state index contributed by atoms with van der Waals surface area (Å²) in [5.41, 5.74) is 3.87. The summed E-state index contributed by atoms with van der Waals surface area (Å²) in [6.07, 6.45) is 0.771. The number of ether oxygens (including phenoxy) is 1. The third-order valence-electron chi connectivity index (χ3n) is 2.57. The summed E-state index contributed by atoms with van der Waals surface area (Å²) in [5, 5.41) is 10.1. The molecule has 1 unspecified atom stereocenters. The van der Waals surface area contributed by atoms with Gasteiger partial charge in [0.1, 0.15) is 11.3 Å². The molecule has 0 saturated heterocycles. The van der Waals surface area contributed by atoms with Gasteiger partial charge in [-0.3, -0.25) is 4.98 Å². The fourth-order valence-corrected chi connectivity index (χ4v) is 2.20. The smallest absolute Gasteiger partial charge is 0.176 e. The first-order valence-electron chi connectivity index (χ1n) is 5.09. The summed E-state index contributed by atoms with van der Waals surface area (Å²) in [7, 11) is 1.60. The number of nitrogens with zero attached hydrogens (tertiary/aromatic N) is 3. The highest BCUT2D eigenvalue weighted by Gasteiger charge is 2.20. The van der Waals surface area contributed by atoms with Gasteiger partial charge in [-0.15, -0.1) is 0 Å². The van der Waals surface area contributed by atoms with E-state index in [0.717, 1.165) is 16.9 Å². The number of aliphatic hydroxyl groups is 1. The maximum Gasteiger partial charge on any atom is 0.176 e. The van der Waals surface area contributed by atoms with Crippen LogP contribution >= 0.6 is 11.5 Å². The molecule has 90 valence electrons. The van der Waals surface area contributed by atoms with E-state index >= 15 is 0 Å². The third-order valence-corrected chi connectivity index (χ3v) is 3.06. The number of methoxy groups -OCH3 is 1. The number of aliphatic hydroxyl groups excluding tert-OH is 1. The molecule has 0 saturated carbocycles. The average molecular weight is 251 g/mol. The van der Waals surface area contributed by atoms with Crippen molar-refractivity contribution >= 4 is 11.5 Å². The van der Waals surface area contributed by atoms with Gasteiger partial charge in [0, 0.05) is 17.3 Å². The molecule has 0 aliphatic carbocycles. The Morgan fingerprint density at radius 3 is 2.71 bits per heavy atom. The monoisotopic (exact) mass is 251 g/mol. The first-order valence-corrected chi connectivity index (χ1v) is 5.93. The van der Waals surface area contributed by atoms with E-state index in [2.05, 4.69) is 14.3 Å². The highest BCUT2D eigenvalue weighted by Crippen LogP contribution is 2.29. The summed E-state index contributed by atoms with van der Waals surface area (Å²) in [6.45, 7) is 3.78. The van der Waals surface area contributed by atoms with E-state index in [-0.39, 0.29) is 0 Å². The molecule has 0 fully saturated rings. The molecule has 0 amide bonds. The Balaban J connectivity index is 2.46. The number of aryl methyl sites for hydroxylation is 1.